The molecule has 1 atom stereocenters. The highest BCUT2D eigenvalue weighted by molar-refractivity contribution is 5.79. The molecule has 2 fully saturated rings. The Balaban J connectivity index is 1.56. The molecule has 2 saturated heterocycles. The van der Waals surface area contributed by atoms with Crippen LogP contribution in [0.15, 0.2) is 24.5 Å². The summed E-state index contributed by atoms with van der Waals surface area (Å²) in [5.74, 6) is 0.598. The van der Waals surface area contributed by atoms with Crippen LogP contribution >= 0.6 is 0 Å². The van der Waals surface area contributed by atoms with E-state index in [1.54, 1.807) is 0 Å². The van der Waals surface area contributed by atoms with Gasteiger partial charge in [0.25, 0.3) is 0 Å². The highest BCUT2D eigenvalue weighted by Crippen LogP contribution is 2.22. The van der Waals surface area contributed by atoms with E-state index in [1.165, 1.54) is 31.2 Å². The monoisotopic (exact) mass is 301 g/mol. The first-order valence-electron chi connectivity index (χ1n) is 8.73. The van der Waals surface area contributed by atoms with Crippen molar-refractivity contribution in [3.8, 4) is 0 Å². The molecule has 2 aliphatic rings. The van der Waals surface area contributed by atoms with Crippen LogP contribution in [0, 0.1) is 5.92 Å². The van der Waals surface area contributed by atoms with Crippen LogP contribution in [0.4, 0.5) is 0 Å². The van der Waals surface area contributed by atoms with Gasteiger partial charge in [-0.1, -0.05) is 18.9 Å². The lowest BCUT2D eigenvalue weighted by atomic mass is 9.96. The molecule has 120 valence electrons. The van der Waals surface area contributed by atoms with E-state index in [9.17, 15) is 4.79 Å². The maximum atomic E-state index is 12.8. The molecule has 3 rings (SSSR count). The molecule has 0 spiro atoms. The fourth-order valence-electron chi connectivity index (χ4n) is 3.70. The molecule has 2 aliphatic heterocycles. The van der Waals surface area contributed by atoms with Crippen molar-refractivity contribution in [1.29, 1.82) is 0 Å². The van der Waals surface area contributed by atoms with Gasteiger partial charge in [-0.15, -0.1) is 0 Å². The summed E-state index contributed by atoms with van der Waals surface area (Å²) in [5, 5.41) is 0. The van der Waals surface area contributed by atoms with Crippen molar-refractivity contribution in [3.05, 3.63) is 30.1 Å². The van der Waals surface area contributed by atoms with Gasteiger partial charge in [0.05, 0.1) is 5.92 Å². The number of pyridine rings is 1. The Labute approximate surface area is 133 Å². The van der Waals surface area contributed by atoms with Crippen molar-refractivity contribution in [1.82, 2.24) is 14.8 Å². The smallest absolute Gasteiger partial charge is 0.226 e. The third kappa shape index (κ3) is 4.07. The molecule has 0 radical (unpaired) electrons. The molecule has 0 aliphatic carbocycles. The molecule has 0 bridgehead atoms. The second-order valence-electron chi connectivity index (χ2n) is 6.68. The van der Waals surface area contributed by atoms with Gasteiger partial charge in [0, 0.05) is 38.6 Å². The number of likely N-dealkylation sites (tertiary alicyclic amines) is 2. The number of carbonyl (C=O) groups excluding carboxylic acids is 1. The Morgan fingerprint density at radius 2 is 1.95 bits per heavy atom. The number of hydrogen-bond acceptors (Lipinski definition) is 3. The molecule has 0 unspecified atom stereocenters. The Morgan fingerprint density at radius 3 is 2.68 bits per heavy atom. The summed E-state index contributed by atoms with van der Waals surface area (Å²) in [6.45, 7) is 4.86. The minimum absolute atomic E-state index is 0.198. The zero-order chi connectivity index (χ0) is 15.2. The van der Waals surface area contributed by atoms with Crippen LogP contribution in [-0.2, 0) is 11.3 Å². The van der Waals surface area contributed by atoms with Crippen LogP contribution in [0.2, 0.25) is 0 Å². The van der Waals surface area contributed by atoms with E-state index in [-0.39, 0.29) is 5.92 Å². The SMILES string of the molecule is O=C([C@@H]1CCCN(Cc2cccnc2)C1)N1CCCCCC1. The third-order valence-electron chi connectivity index (χ3n) is 4.90. The van der Waals surface area contributed by atoms with E-state index in [1.807, 2.05) is 18.5 Å². The molecule has 0 N–H and O–H groups in total. The summed E-state index contributed by atoms with van der Waals surface area (Å²) >= 11 is 0. The van der Waals surface area contributed by atoms with Crippen molar-refractivity contribution in [2.24, 2.45) is 5.92 Å². The first-order chi connectivity index (χ1) is 10.8. The molecule has 22 heavy (non-hydrogen) atoms. The number of rotatable bonds is 3. The average molecular weight is 301 g/mol. The normalized spacial score (nSPS) is 24.0. The van der Waals surface area contributed by atoms with Crippen LogP contribution in [0.5, 0.6) is 0 Å². The van der Waals surface area contributed by atoms with Gasteiger partial charge in [-0.3, -0.25) is 14.7 Å². The number of piperidine rings is 1. The average Bonchev–Trinajstić information content (AvgIpc) is 2.85. The van der Waals surface area contributed by atoms with E-state index in [4.69, 9.17) is 0 Å². The lowest BCUT2D eigenvalue weighted by molar-refractivity contribution is -0.137. The molecular weight excluding hydrogens is 274 g/mol. The number of nitrogens with zero attached hydrogens (tertiary/aromatic N) is 3. The fourth-order valence-corrected chi connectivity index (χ4v) is 3.70. The largest absolute Gasteiger partial charge is 0.342 e. The van der Waals surface area contributed by atoms with Crippen LogP contribution in [0.1, 0.15) is 44.1 Å². The molecule has 1 aromatic heterocycles. The molecule has 1 aromatic rings. The standard InChI is InChI=1S/C18H27N3O/c22-18(21-11-3-1-2-4-12-21)17-8-6-10-20(15-17)14-16-7-5-9-19-13-16/h5,7,9,13,17H,1-4,6,8,10-12,14-15H2/t17-/m1/s1. The second kappa shape index (κ2) is 7.73. The molecule has 0 aromatic carbocycles. The first-order valence-corrected chi connectivity index (χ1v) is 8.73. The second-order valence-corrected chi connectivity index (χ2v) is 6.68. The highest BCUT2D eigenvalue weighted by Gasteiger charge is 2.29. The Bertz CT molecular complexity index is 468. The molecule has 1 amide bonds. The third-order valence-corrected chi connectivity index (χ3v) is 4.90. The van der Waals surface area contributed by atoms with Crippen molar-refractivity contribution in [2.45, 2.75) is 45.1 Å². The molecule has 3 heterocycles. The summed E-state index contributed by atoms with van der Waals surface area (Å²) in [4.78, 5) is 21.5. The van der Waals surface area contributed by atoms with Crippen molar-refractivity contribution >= 4 is 5.91 Å². The predicted octanol–water partition coefficient (Wildman–Crippen LogP) is 2.70. The summed E-state index contributed by atoms with van der Waals surface area (Å²) < 4.78 is 0. The zero-order valence-electron chi connectivity index (χ0n) is 13.4. The lowest BCUT2D eigenvalue weighted by Crippen LogP contribution is -2.44. The van der Waals surface area contributed by atoms with E-state index in [0.717, 1.165) is 45.6 Å². The van der Waals surface area contributed by atoms with Crippen molar-refractivity contribution in [3.63, 3.8) is 0 Å². The number of aromatic nitrogens is 1. The summed E-state index contributed by atoms with van der Waals surface area (Å²) in [6, 6.07) is 4.10. The number of hydrogen-bond donors (Lipinski definition) is 0. The van der Waals surface area contributed by atoms with Gasteiger partial charge in [-0.05, 0) is 43.9 Å². The van der Waals surface area contributed by atoms with Gasteiger partial charge in [-0.25, -0.2) is 0 Å². The maximum Gasteiger partial charge on any atom is 0.226 e. The molecule has 0 saturated carbocycles. The van der Waals surface area contributed by atoms with Crippen molar-refractivity contribution in [2.75, 3.05) is 26.2 Å². The van der Waals surface area contributed by atoms with E-state index >= 15 is 0 Å². The van der Waals surface area contributed by atoms with Gasteiger partial charge in [-0.2, -0.15) is 0 Å². The quantitative estimate of drug-likeness (QED) is 0.861. The zero-order valence-corrected chi connectivity index (χ0v) is 13.4. The minimum atomic E-state index is 0.198. The fraction of sp³-hybridized carbons (Fsp3) is 0.667. The predicted molar refractivity (Wildman–Crippen MR) is 87.3 cm³/mol. The van der Waals surface area contributed by atoms with Crippen LogP contribution < -0.4 is 0 Å². The summed E-state index contributed by atoms with van der Waals surface area (Å²) in [6.07, 6.45) is 10.8. The topological polar surface area (TPSA) is 36.4 Å². The number of amides is 1. The van der Waals surface area contributed by atoms with Gasteiger partial charge < -0.3 is 4.90 Å². The summed E-state index contributed by atoms with van der Waals surface area (Å²) in [7, 11) is 0. The molecular formula is C18H27N3O. The number of carbonyl (C=O) groups is 1. The van der Waals surface area contributed by atoms with E-state index in [2.05, 4.69) is 20.9 Å². The maximum absolute atomic E-state index is 12.8. The van der Waals surface area contributed by atoms with Crippen LogP contribution in [-0.4, -0.2) is 46.9 Å². The molecule has 4 nitrogen and oxygen atoms in total. The molecule has 4 heteroatoms. The van der Waals surface area contributed by atoms with Gasteiger partial charge >= 0.3 is 0 Å². The summed E-state index contributed by atoms with van der Waals surface area (Å²) in [5.41, 5.74) is 1.24. The Hall–Kier alpha value is -1.42. The van der Waals surface area contributed by atoms with Crippen molar-refractivity contribution < 1.29 is 4.79 Å². The van der Waals surface area contributed by atoms with E-state index in [0.29, 0.717) is 5.91 Å². The van der Waals surface area contributed by atoms with Crippen LogP contribution in [0.3, 0.4) is 0 Å². The van der Waals surface area contributed by atoms with Gasteiger partial charge in [0.1, 0.15) is 0 Å². The first kappa shape index (κ1) is 15.5. The Kier molecular flexibility index (Phi) is 5.43. The van der Waals surface area contributed by atoms with Crippen LogP contribution in [0.25, 0.3) is 0 Å². The van der Waals surface area contributed by atoms with E-state index < -0.39 is 0 Å². The Morgan fingerprint density at radius 1 is 1.14 bits per heavy atom. The lowest BCUT2D eigenvalue weighted by Gasteiger charge is -2.34. The minimum Gasteiger partial charge on any atom is -0.342 e. The van der Waals surface area contributed by atoms with Gasteiger partial charge in [0.15, 0.2) is 0 Å². The highest BCUT2D eigenvalue weighted by atomic mass is 16.2. The van der Waals surface area contributed by atoms with Gasteiger partial charge in [0.2, 0.25) is 5.91 Å².